The van der Waals surface area contributed by atoms with Crippen LogP contribution in [-0.2, 0) is 4.43 Å². The van der Waals surface area contributed by atoms with Crippen molar-refractivity contribution < 1.29 is 14.6 Å². The summed E-state index contributed by atoms with van der Waals surface area (Å²) in [4.78, 5) is 0. The van der Waals surface area contributed by atoms with Crippen molar-refractivity contribution in [2.24, 2.45) is 23.2 Å². The van der Waals surface area contributed by atoms with Crippen molar-refractivity contribution in [1.29, 1.82) is 0 Å². The van der Waals surface area contributed by atoms with E-state index in [-0.39, 0.29) is 11.6 Å². The molecule has 4 heteroatoms. The van der Waals surface area contributed by atoms with Crippen molar-refractivity contribution in [3.05, 3.63) is 0 Å². The van der Waals surface area contributed by atoms with Gasteiger partial charge in [0.25, 0.3) is 0 Å². The molecular formula is C25H50O3Si. The van der Waals surface area contributed by atoms with Crippen molar-refractivity contribution in [1.82, 2.24) is 0 Å². The van der Waals surface area contributed by atoms with E-state index in [1.165, 1.54) is 32.1 Å². The summed E-state index contributed by atoms with van der Waals surface area (Å²) in [7, 11) is -1.76. The van der Waals surface area contributed by atoms with Gasteiger partial charge >= 0.3 is 0 Å². The van der Waals surface area contributed by atoms with Crippen LogP contribution in [0.4, 0.5) is 0 Å². The molecule has 0 aromatic heterocycles. The third-order valence-electron chi connectivity index (χ3n) is 8.82. The van der Waals surface area contributed by atoms with E-state index < -0.39 is 13.9 Å². The van der Waals surface area contributed by atoms with Gasteiger partial charge in [-0.2, -0.15) is 0 Å². The second kappa shape index (κ2) is 9.30. The minimum atomic E-state index is -1.76. The zero-order chi connectivity index (χ0) is 22.1. The van der Waals surface area contributed by atoms with E-state index in [1.54, 1.807) is 0 Å². The average Bonchev–Trinajstić information content (AvgIpc) is 2.89. The molecule has 29 heavy (non-hydrogen) atoms. The maximum Gasteiger partial charge on any atom is 0.192 e. The molecule has 0 aromatic carbocycles. The van der Waals surface area contributed by atoms with E-state index in [0.717, 1.165) is 25.7 Å². The van der Waals surface area contributed by atoms with E-state index in [1.807, 2.05) is 13.8 Å². The molecular weight excluding hydrogens is 376 g/mol. The molecule has 0 heterocycles. The Balaban J connectivity index is 2.12. The quantitative estimate of drug-likeness (QED) is 0.412. The Labute approximate surface area is 182 Å². The molecule has 2 fully saturated rings. The van der Waals surface area contributed by atoms with Gasteiger partial charge in [-0.05, 0) is 100 Å². The molecule has 5 atom stereocenters. The predicted octanol–water partition coefficient (Wildman–Crippen LogP) is 6.53. The highest BCUT2D eigenvalue weighted by atomic mass is 28.4. The smallest absolute Gasteiger partial charge is 0.192 e. The zero-order valence-corrected chi connectivity index (χ0v) is 21.7. The van der Waals surface area contributed by atoms with Crippen LogP contribution in [0.1, 0.15) is 99.3 Å². The lowest BCUT2D eigenvalue weighted by Crippen LogP contribution is -2.50. The van der Waals surface area contributed by atoms with Gasteiger partial charge in [0, 0.05) is 12.7 Å². The lowest BCUT2D eigenvalue weighted by atomic mass is 9.60. The van der Waals surface area contributed by atoms with E-state index in [9.17, 15) is 10.2 Å². The van der Waals surface area contributed by atoms with Crippen molar-refractivity contribution in [2.75, 3.05) is 6.61 Å². The van der Waals surface area contributed by atoms with E-state index >= 15 is 0 Å². The van der Waals surface area contributed by atoms with Crippen LogP contribution in [0.5, 0.6) is 0 Å². The molecule has 2 aliphatic rings. The number of rotatable bonds is 9. The summed E-state index contributed by atoms with van der Waals surface area (Å²) >= 11 is 0. The fraction of sp³-hybridized carbons (Fsp3) is 1.00. The first-order valence-corrected chi connectivity index (χ1v) is 15.1. The molecule has 172 valence electrons. The van der Waals surface area contributed by atoms with Crippen LogP contribution >= 0.6 is 0 Å². The Morgan fingerprint density at radius 3 is 2.28 bits per heavy atom. The zero-order valence-electron chi connectivity index (χ0n) is 20.7. The Bertz CT molecular complexity index is 519. The molecule has 0 aromatic rings. The highest BCUT2D eigenvalue weighted by Crippen LogP contribution is 2.60. The first kappa shape index (κ1) is 25.4. The fourth-order valence-corrected chi connectivity index (χ4v) is 7.53. The van der Waals surface area contributed by atoms with Crippen LogP contribution in [0.15, 0.2) is 0 Å². The van der Waals surface area contributed by atoms with Gasteiger partial charge in [-0.15, -0.1) is 0 Å². The largest absolute Gasteiger partial charge is 0.414 e. The van der Waals surface area contributed by atoms with Gasteiger partial charge in [-0.1, -0.05) is 40.5 Å². The standard InChI is InChI=1S/C25H50O3Si/c1-23(2,3)29(7,8)28-22-12-10-17-25(6)20(13-14-21(22)25)19(15-18-26)11-9-16-24(4,5)27/h19-22,26-27H,9-18H2,1-8H3/t19?,20?,21?,22-,25+/m0/s1. The summed E-state index contributed by atoms with van der Waals surface area (Å²) in [6.07, 6.45) is 10.7. The minimum absolute atomic E-state index is 0.259. The third kappa shape index (κ3) is 6.08. The van der Waals surface area contributed by atoms with Crippen LogP contribution in [0.3, 0.4) is 0 Å². The van der Waals surface area contributed by atoms with E-state index in [2.05, 4.69) is 40.8 Å². The fourth-order valence-electron chi connectivity index (χ4n) is 6.14. The van der Waals surface area contributed by atoms with Gasteiger partial charge in [0.15, 0.2) is 8.32 Å². The molecule has 0 spiro atoms. The maximum atomic E-state index is 10.1. The van der Waals surface area contributed by atoms with Gasteiger partial charge in [0.2, 0.25) is 0 Å². The van der Waals surface area contributed by atoms with Crippen LogP contribution in [0, 0.1) is 23.2 Å². The molecule has 0 radical (unpaired) electrons. The van der Waals surface area contributed by atoms with E-state index in [4.69, 9.17) is 4.43 Å². The lowest BCUT2D eigenvalue weighted by Gasteiger charge is -2.50. The number of aliphatic hydroxyl groups excluding tert-OH is 1. The van der Waals surface area contributed by atoms with Crippen LogP contribution in [0.25, 0.3) is 0 Å². The van der Waals surface area contributed by atoms with Crippen LogP contribution in [0.2, 0.25) is 18.1 Å². The first-order valence-electron chi connectivity index (χ1n) is 12.2. The molecule has 2 rings (SSSR count). The second-order valence-electron chi connectivity index (χ2n) is 12.6. The van der Waals surface area contributed by atoms with Crippen molar-refractivity contribution in [3.8, 4) is 0 Å². The normalized spacial score (nSPS) is 32.3. The topological polar surface area (TPSA) is 49.7 Å². The molecule has 0 saturated heterocycles. The summed E-state index contributed by atoms with van der Waals surface area (Å²) in [5.74, 6) is 1.93. The lowest BCUT2D eigenvalue weighted by molar-refractivity contribution is -0.0264. The summed E-state index contributed by atoms with van der Waals surface area (Å²) < 4.78 is 6.99. The van der Waals surface area contributed by atoms with E-state index in [0.29, 0.717) is 29.3 Å². The Hall–Kier alpha value is 0.0969. The number of fused-ring (bicyclic) bond motifs is 1. The van der Waals surface area contributed by atoms with Crippen molar-refractivity contribution in [2.45, 2.75) is 129 Å². The summed E-state index contributed by atoms with van der Waals surface area (Å²) in [5, 5.41) is 20.1. The van der Waals surface area contributed by atoms with Gasteiger partial charge in [0.1, 0.15) is 0 Å². The summed E-state index contributed by atoms with van der Waals surface area (Å²) in [6.45, 7) is 18.5. The van der Waals surface area contributed by atoms with Gasteiger partial charge in [0.05, 0.1) is 5.60 Å². The Morgan fingerprint density at radius 2 is 1.72 bits per heavy atom. The second-order valence-corrected chi connectivity index (χ2v) is 17.3. The number of aliphatic hydroxyl groups is 2. The number of hydrogen-bond donors (Lipinski definition) is 2. The highest BCUT2D eigenvalue weighted by Gasteiger charge is 2.54. The summed E-state index contributed by atoms with van der Waals surface area (Å²) in [6, 6.07) is 0. The SMILES string of the molecule is CC(C)(O)CCCC(CCO)C1CCC2[C@@H](O[Si](C)(C)C(C)(C)C)CCC[C@]12C. The highest BCUT2D eigenvalue weighted by molar-refractivity contribution is 6.74. The van der Waals surface area contributed by atoms with Crippen LogP contribution in [-0.4, -0.2) is 36.8 Å². The third-order valence-corrected chi connectivity index (χ3v) is 13.3. The molecule has 0 amide bonds. The first-order chi connectivity index (χ1) is 13.2. The molecule has 2 aliphatic carbocycles. The molecule has 2 saturated carbocycles. The number of hydrogen-bond acceptors (Lipinski definition) is 3. The maximum absolute atomic E-state index is 10.1. The Kier molecular flexibility index (Phi) is 8.13. The Morgan fingerprint density at radius 1 is 1.07 bits per heavy atom. The molecule has 3 unspecified atom stereocenters. The van der Waals surface area contributed by atoms with Crippen molar-refractivity contribution >= 4 is 8.32 Å². The van der Waals surface area contributed by atoms with Crippen LogP contribution < -0.4 is 0 Å². The average molecular weight is 427 g/mol. The molecule has 3 nitrogen and oxygen atoms in total. The summed E-state index contributed by atoms with van der Waals surface area (Å²) in [5.41, 5.74) is -0.237. The monoisotopic (exact) mass is 426 g/mol. The van der Waals surface area contributed by atoms with Crippen molar-refractivity contribution in [3.63, 3.8) is 0 Å². The minimum Gasteiger partial charge on any atom is -0.414 e. The van der Waals surface area contributed by atoms with Gasteiger partial charge in [-0.25, -0.2) is 0 Å². The molecule has 0 aliphatic heterocycles. The molecule has 0 bridgehead atoms. The molecule has 2 N–H and O–H groups in total. The predicted molar refractivity (Wildman–Crippen MR) is 126 cm³/mol. The van der Waals surface area contributed by atoms with Gasteiger partial charge in [-0.3, -0.25) is 0 Å². The van der Waals surface area contributed by atoms with Gasteiger partial charge < -0.3 is 14.6 Å².